The second kappa shape index (κ2) is 8.17. The average Bonchev–Trinajstić information content (AvgIpc) is 3.11. The molecule has 0 aliphatic carbocycles. The number of nitrogens with zero attached hydrogens (tertiary/aromatic N) is 4. The van der Waals surface area contributed by atoms with Gasteiger partial charge in [0.2, 0.25) is 10.0 Å². The summed E-state index contributed by atoms with van der Waals surface area (Å²) in [4.78, 5) is 4.66. The van der Waals surface area contributed by atoms with Crippen molar-refractivity contribution in [3.8, 4) is 6.07 Å². The number of rotatable bonds is 4. The molecule has 2 heterocycles. The summed E-state index contributed by atoms with van der Waals surface area (Å²) in [6, 6.07) is 15.5. The third-order valence-electron chi connectivity index (χ3n) is 5.84. The molecule has 1 aliphatic rings. The highest BCUT2D eigenvalue weighted by Gasteiger charge is 2.31. The van der Waals surface area contributed by atoms with E-state index < -0.39 is 10.0 Å². The number of sulfonamides is 1. The lowest BCUT2D eigenvalue weighted by atomic mass is 10.1. The number of allylic oxidation sites excluding steroid dienone is 1. The predicted octanol–water partition coefficient (Wildman–Crippen LogP) is 4.09. The van der Waals surface area contributed by atoms with Crippen LogP contribution < -0.4 is 0 Å². The van der Waals surface area contributed by atoms with Gasteiger partial charge in [0.05, 0.1) is 15.9 Å². The van der Waals surface area contributed by atoms with E-state index >= 15 is 0 Å². The number of imidazole rings is 1. The third kappa shape index (κ3) is 3.71. The number of aliphatic hydroxyl groups is 1. The van der Waals surface area contributed by atoms with Crippen molar-refractivity contribution in [1.29, 1.82) is 5.26 Å². The Hall–Kier alpha value is -3.15. The number of nitriles is 1. The summed E-state index contributed by atoms with van der Waals surface area (Å²) in [7, 11) is -1.82. The Bertz CT molecular complexity index is 1300. The molecule has 1 fully saturated rings. The summed E-state index contributed by atoms with van der Waals surface area (Å²) in [5.41, 5.74) is 1.95. The fourth-order valence-electron chi connectivity index (χ4n) is 4.07. The number of hydrogen-bond acceptors (Lipinski definition) is 5. The van der Waals surface area contributed by atoms with E-state index in [9.17, 15) is 18.8 Å². The molecule has 7 nitrogen and oxygen atoms in total. The van der Waals surface area contributed by atoms with Gasteiger partial charge in [-0.3, -0.25) is 0 Å². The number of aryl methyl sites for hydroxylation is 1. The normalized spacial score (nSPS) is 18.5. The molecule has 0 amide bonds. The maximum Gasteiger partial charge on any atom is 0.243 e. The van der Waals surface area contributed by atoms with Crippen LogP contribution in [-0.2, 0) is 17.1 Å². The number of para-hydroxylation sites is 2. The first-order valence-corrected chi connectivity index (χ1v) is 11.7. The molecule has 31 heavy (non-hydrogen) atoms. The number of aliphatic hydroxyl groups excluding tert-OH is 1. The Balaban J connectivity index is 1.71. The van der Waals surface area contributed by atoms with Crippen LogP contribution in [0.5, 0.6) is 0 Å². The summed E-state index contributed by atoms with van der Waals surface area (Å²) < 4.78 is 29.3. The van der Waals surface area contributed by atoms with Gasteiger partial charge in [0, 0.05) is 25.2 Å². The lowest BCUT2D eigenvalue weighted by Gasteiger charge is -2.32. The molecule has 1 aliphatic heterocycles. The molecule has 0 radical (unpaired) electrons. The van der Waals surface area contributed by atoms with Crippen molar-refractivity contribution in [2.45, 2.75) is 37.1 Å². The van der Waals surface area contributed by atoms with Crippen LogP contribution in [0.1, 0.15) is 37.6 Å². The van der Waals surface area contributed by atoms with Crippen LogP contribution in [0.2, 0.25) is 0 Å². The van der Waals surface area contributed by atoms with Gasteiger partial charge in [-0.15, -0.1) is 0 Å². The highest BCUT2D eigenvalue weighted by atomic mass is 32.2. The van der Waals surface area contributed by atoms with Crippen molar-refractivity contribution < 1.29 is 13.5 Å². The Morgan fingerprint density at radius 3 is 2.52 bits per heavy atom. The second-order valence-corrected chi connectivity index (χ2v) is 9.69. The summed E-state index contributed by atoms with van der Waals surface area (Å²) in [5.74, 6) is 0.108. The van der Waals surface area contributed by atoms with Crippen LogP contribution in [0, 0.1) is 11.3 Å². The highest BCUT2D eigenvalue weighted by Crippen LogP contribution is 2.29. The topological polar surface area (TPSA) is 99.2 Å². The molecule has 0 spiro atoms. The lowest BCUT2D eigenvalue weighted by Crippen LogP contribution is -2.41. The monoisotopic (exact) mass is 436 g/mol. The number of piperidine rings is 1. The maximum absolute atomic E-state index is 13.0. The van der Waals surface area contributed by atoms with Gasteiger partial charge in [0.1, 0.15) is 17.4 Å². The van der Waals surface area contributed by atoms with Crippen molar-refractivity contribution in [3.63, 3.8) is 0 Å². The van der Waals surface area contributed by atoms with E-state index in [2.05, 4.69) is 4.98 Å². The molecule has 3 aromatic rings. The zero-order valence-corrected chi connectivity index (χ0v) is 18.3. The predicted molar refractivity (Wildman–Crippen MR) is 119 cm³/mol. The van der Waals surface area contributed by atoms with Gasteiger partial charge >= 0.3 is 0 Å². The van der Waals surface area contributed by atoms with Gasteiger partial charge in [0.25, 0.3) is 0 Å². The van der Waals surface area contributed by atoms with Gasteiger partial charge in [-0.25, -0.2) is 13.4 Å². The van der Waals surface area contributed by atoms with Crippen LogP contribution >= 0.6 is 0 Å². The summed E-state index contributed by atoms with van der Waals surface area (Å²) in [6.07, 6.45) is 2.74. The Kier molecular flexibility index (Phi) is 5.56. The Morgan fingerprint density at radius 2 is 1.87 bits per heavy atom. The molecule has 1 N–H and O–H groups in total. The van der Waals surface area contributed by atoms with Crippen molar-refractivity contribution in [3.05, 3.63) is 59.9 Å². The molecule has 4 rings (SSSR count). The van der Waals surface area contributed by atoms with E-state index in [0.29, 0.717) is 17.9 Å². The molecule has 1 aromatic heterocycles. The quantitative estimate of drug-likeness (QED) is 0.491. The van der Waals surface area contributed by atoms with E-state index in [0.717, 1.165) is 30.3 Å². The summed E-state index contributed by atoms with van der Waals surface area (Å²) >= 11 is 0. The number of aromatic nitrogens is 2. The van der Waals surface area contributed by atoms with Gasteiger partial charge in [0.15, 0.2) is 5.82 Å². The largest absolute Gasteiger partial charge is 0.506 e. The van der Waals surface area contributed by atoms with Crippen molar-refractivity contribution >= 4 is 32.4 Å². The molecule has 0 saturated carbocycles. The van der Waals surface area contributed by atoms with Crippen LogP contribution in [0.4, 0.5) is 0 Å². The van der Waals surface area contributed by atoms with E-state index in [4.69, 9.17) is 0 Å². The molecular formula is C23H24N4O3S. The molecule has 8 heteroatoms. The summed E-state index contributed by atoms with van der Waals surface area (Å²) in [6.45, 7) is 2.44. The Morgan fingerprint density at radius 1 is 1.16 bits per heavy atom. The molecule has 1 atom stereocenters. The highest BCUT2D eigenvalue weighted by molar-refractivity contribution is 7.89. The van der Waals surface area contributed by atoms with E-state index in [-0.39, 0.29) is 22.3 Å². The van der Waals surface area contributed by atoms with Crippen LogP contribution in [-0.4, -0.2) is 40.0 Å². The number of hydrogen-bond donors (Lipinski definition) is 1. The first kappa shape index (κ1) is 21.1. The molecule has 160 valence electrons. The number of fused-ring (bicyclic) bond motifs is 1. The fourth-order valence-corrected chi connectivity index (χ4v) is 5.77. The molecule has 2 aromatic carbocycles. The van der Waals surface area contributed by atoms with Gasteiger partial charge < -0.3 is 9.67 Å². The molecule has 0 bridgehead atoms. The van der Waals surface area contributed by atoms with Gasteiger partial charge in [-0.05, 0) is 56.2 Å². The fraction of sp³-hybridized carbons (Fsp3) is 0.304. The van der Waals surface area contributed by atoms with Gasteiger partial charge in [-0.2, -0.15) is 9.57 Å². The van der Waals surface area contributed by atoms with Crippen molar-refractivity contribution in [2.24, 2.45) is 7.05 Å². The first-order chi connectivity index (χ1) is 14.8. The van der Waals surface area contributed by atoms with E-state index in [1.165, 1.54) is 24.3 Å². The zero-order valence-electron chi connectivity index (χ0n) is 17.5. The minimum Gasteiger partial charge on any atom is -0.506 e. The zero-order chi connectivity index (χ0) is 22.2. The minimum absolute atomic E-state index is 0.0268. The van der Waals surface area contributed by atoms with Crippen molar-refractivity contribution in [2.75, 3.05) is 6.54 Å². The minimum atomic E-state index is -3.60. The lowest BCUT2D eigenvalue weighted by molar-refractivity contribution is 0.268. The van der Waals surface area contributed by atoms with Crippen LogP contribution in [0.15, 0.2) is 53.4 Å². The van der Waals surface area contributed by atoms with Gasteiger partial charge in [-0.1, -0.05) is 18.6 Å². The van der Waals surface area contributed by atoms with Crippen LogP contribution in [0.25, 0.3) is 22.4 Å². The smallest absolute Gasteiger partial charge is 0.243 e. The third-order valence-corrected chi connectivity index (χ3v) is 7.86. The summed E-state index contributed by atoms with van der Waals surface area (Å²) in [5, 5.41) is 20.5. The second-order valence-electron chi connectivity index (χ2n) is 7.80. The first-order valence-electron chi connectivity index (χ1n) is 10.2. The van der Waals surface area contributed by atoms with Crippen LogP contribution in [0.3, 0.4) is 0 Å². The van der Waals surface area contributed by atoms with E-state index in [1.807, 2.05) is 37.3 Å². The number of benzene rings is 2. The molecule has 1 unspecified atom stereocenters. The van der Waals surface area contributed by atoms with Crippen molar-refractivity contribution in [1.82, 2.24) is 13.9 Å². The standard InChI is InChI=1S/C23H24N4O3S/c1-16-7-5-6-14-27(16)31(29,30)18-12-10-17(11-13-18)22(28)19(15-24)23-25-20-8-3-4-9-21(20)26(23)2/h3-4,8-13,16,28H,5-7,14H2,1-2H3. The maximum atomic E-state index is 13.0. The molecule has 1 saturated heterocycles. The average molecular weight is 437 g/mol. The Labute approximate surface area is 181 Å². The molecular weight excluding hydrogens is 412 g/mol. The van der Waals surface area contributed by atoms with E-state index in [1.54, 1.807) is 15.9 Å². The SMILES string of the molecule is CC1CCCCN1S(=O)(=O)c1ccc(C(O)=C(C#N)c2nc3ccccc3n2C)cc1.